The predicted octanol–water partition coefficient (Wildman–Crippen LogP) is 2.87. The highest BCUT2D eigenvalue weighted by atomic mass is 16.5. The minimum atomic E-state index is 0.230. The Morgan fingerprint density at radius 3 is 2.50 bits per heavy atom. The molecule has 0 aliphatic carbocycles. The Hall–Kier alpha value is -1.98. The van der Waals surface area contributed by atoms with Gasteiger partial charge in [-0.3, -0.25) is 4.90 Å². The van der Waals surface area contributed by atoms with E-state index in [0.717, 1.165) is 51.9 Å². The molecule has 1 aromatic heterocycles. The van der Waals surface area contributed by atoms with E-state index >= 15 is 0 Å². The summed E-state index contributed by atoms with van der Waals surface area (Å²) < 4.78 is 5.40. The lowest BCUT2D eigenvalue weighted by Gasteiger charge is -2.41. The number of nitrogens with zero attached hydrogens (tertiary/aromatic N) is 4. The maximum atomic E-state index is 5.40. The van der Waals surface area contributed by atoms with E-state index in [0.29, 0.717) is 0 Å². The second-order valence-corrected chi connectivity index (χ2v) is 7.73. The lowest BCUT2D eigenvalue weighted by Crippen LogP contribution is -2.43. The van der Waals surface area contributed by atoms with E-state index in [1.54, 1.807) is 0 Å². The van der Waals surface area contributed by atoms with Crippen molar-refractivity contribution in [2.75, 3.05) is 44.3 Å². The molecule has 1 aromatic carbocycles. The number of morpholine rings is 1. The first-order valence-corrected chi connectivity index (χ1v) is 9.64. The van der Waals surface area contributed by atoms with E-state index in [-0.39, 0.29) is 5.41 Å². The molecule has 2 fully saturated rings. The highest BCUT2D eigenvalue weighted by molar-refractivity contribution is 5.30. The molecular weight excluding hydrogens is 324 g/mol. The van der Waals surface area contributed by atoms with Gasteiger partial charge in [-0.25, -0.2) is 9.97 Å². The van der Waals surface area contributed by atoms with Gasteiger partial charge >= 0.3 is 0 Å². The smallest absolute Gasteiger partial charge is 0.225 e. The minimum Gasteiger partial charge on any atom is -0.378 e. The van der Waals surface area contributed by atoms with Crippen molar-refractivity contribution in [3.05, 3.63) is 53.9 Å². The SMILES string of the molecule is CC1(c2ccccc2)CCCN(Cc2cnc(N3CCOCC3)nc2)C1. The zero-order valence-corrected chi connectivity index (χ0v) is 15.6. The molecule has 2 aliphatic rings. The van der Waals surface area contributed by atoms with Crippen LogP contribution in [0.2, 0.25) is 0 Å². The summed E-state index contributed by atoms with van der Waals surface area (Å²) in [4.78, 5) is 13.9. The average molecular weight is 352 g/mol. The second-order valence-electron chi connectivity index (χ2n) is 7.73. The lowest BCUT2D eigenvalue weighted by atomic mass is 9.76. The van der Waals surface area contributed by atoms with Crippen molar-refractivity contribution in [3.63, 3.8) is 0 Å². The van der Waals surface area contributed by atoms with Gasteiger partial charge in [0.05, 0.1) is 13.2 Å². The number of piperidine rings is 1. The normalized spacial score (nSPS) is 24.6. The van der Waals surface area contributed by atoms with Crippen molar-refractivity contribution >= 4 is 5.95 Å². The van der Waals surface area contributed by atoms with Crippen molar-refractivity contribution < 1.29 is 4.74 Å². The Kier molecular flexibility index (Phi) is 5.18. The zero-order valence-electron chi connectivity index (χ0n) is 15.6. The van der Waals surface area contributed by atoms with Crippen LogP contribution in [0.3, 0.4) is 0 Å². The van der Waals surface area contributed by atoms with E-state index in [1.165, 1.54) is 24.0 Å². The molecule has 1 unspecified atom stereocenters. The maximum Gasteiger partial charge on any atom is 0.225 e. The molecule has 1 atom stereocenters. The van der Waals surface area contributed by atoms with Gasteiger partial charge in [0.1, 0.15) is 0 Å². The molecule has 0 saturated carbocycles. The molecule has 0 bridgehead atoms. The van der Waals surface area contributed by atoms with Gasteiger partial charge in [0.2, 0.25) is 5.95 Å². The number of anilines is 1. The van der Waals surface area contributed by atoms with E-state index < -0.39 is 0 Å². The average Bonchev–Trinajstić information content (AvgIpc) is 2.70. The maximum absolute atomic E-state index is 5.40. The topological polar surface area (TPSA) is 41.5 Å². The predicted molar refractivity (Wildman–Crippen MR) is 103 cm³/mol. The second kappa shape index (κ2) is 7.72. The monoisotopic (exact) mass is 352 g/mol. The van der Waals surface area contributed by atoms with E-state index in [1.807, 2.05) is 12.4 Å². The van der Waals surface area contributed by atoms with Crippen LogP contribution in [0.5, 0.6) is 0 Å². The first-order valence-electron chi connectivity index (χ1n) is 9.64. The first-order chi connectivity index (χ1) is 12.7. The Bertz CT molecular complexity index is 700. The third-order valence-corrected chi connectivity index (χ3v) is 5.64. The summed E-state index contributed by atoms with van der Waals surface area (Å²) in [6, 6.07) is 10.9. The molecule has 2 aliphatic heterocycles. The fourth-order valence-electron chi connectivity index (χ4n) is 4.17. The van der Waals surface area contributed by atoms with E-state index in [4.69, 9.17) is 4.74 Å². The summed E-state index contributed by atoms with van der Waals surface area (Å²) in [7, 11) is 0. The van der Waals surface area contributed by atoms with Crippen LogP contribution >= 0.6 is 0 Å². The molecule has 4 rings (SSSR count). The summed E-state index contributed by atoms with van der Waals surface area (Å²) in [6.45, 7) is 8.82. The number of hydrogen-bond donors (Lipinski definition) is 0. The Labute approximate surface area is 156 Å². The molecule has 138 valence electrons. The fraction of sp³-hybridized carbons (Fsp3) is 0.524. The first kappa shape index (κ1) is 17.4. The van der Waals surface area contributed by atoms with E-state index in [9.17, 15) is 0 Å². The molecule has 2 aromatic rings. The minimum absolute atomic E-state index is 0.230. The van der Waals surface area contributed by atoms with Crippen molar-refractivity contribution in [1.29, 1.82) is 0 Å². The van der Waals surface area contributed by atoms with Crippen LogP contribution in [0.4, 0.5) is 5.95 Å². The van der Waals surface area contributed by atoms with Crippen LogP contribution in [0.1, 0.15) is 30.9 Å². The number of ether oxygens (including phenoxy) is 1. The van der Waals surface area contributed by atoms with Gasteiger partial charge < -0.3 is 9.64 Å². The molecule has 2 saturated heterocycles. The Morgan fingerprint density at radius 1 is 1.04 bits per heavy atom. The molecule has 0 radical (unpaired) electrons. The zero-order chi connectivity index (χ0) is 17.8. The summed E-state index contributed by atoms with van der Waals surface area (Å²) >= 11 is 0. The number of rotatable bonds is 4. The molecule has 3 heterocycles. The number of hydrogen-bond acceptors (Lipinski definition) is 5. The largest absolute Gasteiger partial charge is 0.378 e. The molecule has 0 spiro atoms. The van der Waals surface area contributed by atoms with Gasteiger partial charge in [-0.1, -0.05) is 37.3 Å². The van der Waals surface area contributed by atoms with Crippen molar-refractivity contribution in [2.45, 2.75) is 31.7 Å². The van der Waals surface area contributed by atoms with Crippen LogP contribution in [-0.4, -0.2) is 54.3 Å². The molecule has 26 heavy (non-hydrogen) atoms. The van der Waals surface area contributed by atoms with Crippen LogP contribution in [0.25, 0.3) is 0 Å². The standard InChI is InChI=1S/C21H28N4O/c1-21(19-6-3-2-4-7-19)8-5-9-24(17-21)16-18-14-22-20(23-15-18)25-10-12-26-13-11-25/h2-4,6-7,14-15H,5,8-13,16-17H2,1H3. The fourth-order valence-corrected chi connectivity index (χ4v) is 4.17. The van der Waals surface area contributed by atoms with Crippen LogP contribution in [0, 0.1) is 0 Å². The van der Waals surface area contributed by atoms with E-state index in [2.05, 4.69) is 57.0 Å². The molecule has 0 amide bonds. The summed E-state index contributed by atoms with van der Waals surface area (Å²) in [5, 5.41) is 0. The molecular formula is C21H28N4O. The number of likely N-dealkylation sites (tertiary alicyclic amines) is 1. The van der Waals surface area contributed by atoms with Crippen LogP contribution in [0.15, 0.2) is 42.7 Å². The molecule has 5 nitrogen and oxygen atoms in total. The van der Waals surface area contributed by atoms with Gasteiger partial charge in [0.15, 0.2) is 0 Å². The highest BCUT2D eigenvalue weighted by Gasteiger charge is 2.32. The quantitative estimate of drug-likeness (QED) is 0.846. The van der Waals surface area contributed by atoms with Crippen molar-refractivity contribution in [3.8, 4) is 0 Å². The molecule has 0 N–H and O–H groups in total. The molecule has 5 heteroatoms. The van der Waals surface area contributed by atoms with Gasteiger partial charge in [-0.15, -0.1) is 0 Å². The van der Waals surface area contributed by atoms with Crippen LogP contribution < -0.4 is 4.90 Å². The van der Waals surface area contributed by atoms with Crippen LogP contribution in [-0.2, 0) is 16.7 Å². The third-order valence-electron chi connectivity index (χ3n) is 5.64. The van der Waals surface area contributed by atoms with Gasteiger partial charge in [0, 0.05) is 49.6 Å². The van der Waals surface area contributed by atoms with Gasteiger partial charge in [-0.2, -0.15) is 0 Å². The van der Waals surface area contributed by atoms with Crippen molar-refractivity contribution in [1.82, 2.24) is 14.9 Å². The lowest BCUT2D eigenvalue weighted by molar-refractivity contribution is 0.122. The Balaban J connectivity index is 1.40. The Morgan fingerprint density at radius 2 is 1.77 bits per heavy atom. The summed E-state index contributed by atoms with van der Waals surface area (Å²) in [5.41, 5.74) is 2.87. The van der Waals surface area contributed by atoms with Gasteiger partial charge in [-0.05, 0) is 24.9 Å². The number of benzene rings is 1. The number of aromatic nitrogens is 2. The summed E-state index contributed by atoms with van der Waals surface area (Å²) in [6.07, 6.45) is 6.47. The third kappa shape index (κ3) is 3.89. The van der Waals surface area contributed by atoms with Gasteiger partial charge in [0.25, 0.3) is 0 Å². The highest BCUT2D eigenvalue weighted by Crippen LogP contribution is 2.34. The summed E-state index contributed by atoms with van der Waals surface area (Å²) in [5.74, 6) is 0.824. The van der Waals surface area contributed by atoms with Crippen molar-refractivity contribution in [2.24, 2.45) is 0 Å².